The summed E-state index contributed by atoms with van der Waals surface area (Å²) in [6, 6.07) is 5.87. The molecule has 0 saturated carbocycles. The van der Waals surface area contributed by atoms with E-state index in [4.69, 9.17) is 28.9 Å². The molecule has 0 bridgehead atoms. The maximum Gasteiger partial charge on any atom is 0.508 e. The highest BCUT2D eigenvalue weighted by Gasteiger charge is 2.26. The van der Waals surface area contributed by atoms with Gasteiger partial charge in [-0.25, -0.2) is 9.78 Å². The van der Waals surface area contributed by atoms with Gasteiger partial charge in [-0.05, 0) is 44.0 Å². The number of aryl methyl sites for hydroxylation is 2. The molecular formula is C25H32N4O5S. The third-order valence-corrected chi connectivity index (χ3v) is 7.28. The first-order valence-corrected chi connectivity index (χ1v) is 12.6. The summed E-state index contributed by atoms with van der Waals surface area (Å²) in [5.41, 5.74) is 2.24. The van der Waals surface area contributed by atoms with Crippen LogP contribution < -0.4 is 19.7 Å². The second kappa shape index (κ2) is 11.0. The predicted octanol–water partition coefficient (Wildman–Crippen LogP) is 5.08. The number of fused-ring (bicyclic) bond motifs is 1. The van der Waals surface area contributed by atoms with Crippen molar-refractivity contribution in [2.24, 2.45) is 0 Å². The zero-order valence-corrected chi connectivity index (χ0v) is 21.7. The van der Waals surface area contributed by atoms with E-state index in [0.717, 1.165) is 21.6 Å². The lowest BCUT2D eigenvalue weighted by Crippen LogP contribution is -2.39. The fraction of sp³-hybridized carbons (Fsp3) is 0.480. The van der Waals surface area contributed by atoms with E-state index in [2.05, 4.69) is 24.1 Å². The summed E-state index contributed by atoms with van der Waals surface area (Å²) in [6.07, 6.45) is 0.659. The average molecular weight is 501 g/mol. The van der Waals surface area contributed by atoms with Crippen LogP contribution in [-0.2, 0) is 16.0 Å². The van der Waals surface area contributed by atoms with E-state index in [1.807, 2.05) is 18.2 Å². The standard InChI is InChI=1S/C25H32N4O5S/c1-6-33-25(30)34-18-9-11-29(12-10-18)24-27-22(21-15(2)16(3)35-23(21)28-24)26-14-17-7-8-19(31-4)20(13-17)32-5/h7-8,13,18H,6,9-12,14H2,1-5H3,(H,26,27,28). The summed E-state index contributed by atoms with van der Waals surface area (Å²) in [6.45, 7) is 8.28. The van der Waals surface area contributed by atoms with Crippen molar-refractivity contribution in [1.82, 2.24) is 9.97 Å². The molecule has 0 amide bonds. The minimum atomic E-state index is -0.602. The second-order valence-electron chi connectivity index (χ2n) is 8.37. The summed E-state index contributed by atoms with van der Waals surface area (Å²) in [5.74, 6) is 2.88. The van der Waals surface area contributed by atoms with E-state index in [-0.39, 0.29) is 6.10 Å². The number of ether oxygens (including phenoxy) is 4. The van der Waals surface area contributed by atoms with E-state index in [1.165, 1.54) is 10.4 Å². The molecule has 10 heteroatoms. The van der Waals surface area contributed by atoms with E-state index >= 15 is 0 Å². The third kappa shape index (κ3) is 5.53. The van der Waals surface area contributed by atoms with Gasteiger partial charge in [-0.1, -0.05) is 6.07 Å². The van der Waals surface area contributed by atoms with Crippen LogP contribution in [0.15, 0.2) is 18.2 Å². The molecule has 1 aromatic carbocycles. The zero-order chi connectivity index (χ0) is 24.9. The number of hydrogen-bond donors (Lipinski definition) is 1. The molecule has 35 heavy (non-hydrogen) atoms. The first kappa shape index (κ1) is 24.8. The number of anilines is 2. The lowest BCUT2D eigenvalue weighted by molar-refractivity contribution is 0.0183. The van der Waals surface area contributed by atoms with Crippen molar-refractivity contribution < 1.29 is 23.7 Å². The minimum absolute atomic E-state index is 0.150. The van der Waals surface area contributed by atoms with Gasteiger partial charge >= 0.3 is 6.16 Å². The van der Waals surface area contributed by atoms with E-state index in [1.54, 1.807) is 32.5 Å². The number of aromatic nitrogens is 2. The Morgan fingerprint density at radius 3 is 2.57 bits per heavy atom. The fourth-order valence-electron chi connectivity index (χ4n) is 4.15. The number of methoxy groups -OCH3 is 2. The molecule has 4 rings (SSSR count). The van der Waals surface area contributed by atoms with E-state index in [0.29, 0.717) is 56.5 Å². The molecule has 3 aromatic rings. The van der Waals surface area contributed by atoms with Crippen LogP contribution in [0, 0.1) is 13.8 Å². The van der Waals surface area contributed by atoms with Crippen LogP contribution in [0.1, 0.15) is 35.8 Å². The van der Waals surface area contributed by atoms with Crippen molar-refractivity contribution in [2.45, 2.75) is 46.3 Å². The summed E-state index contributed by atoms with van der Waals surface area (Å²) in [5, 5.41) is 4.57. The Bertz CT molecular complexity index is 1190. The maximum absolute atomic E-state index is 11.6. The Morgan fingerprint density at radius 1 is 1.14 bits per heavy atom. The minimum Gasteiger partial charge on any atom is -0.493 e. The van der Waals surface area contributed by atoms with Crippen LogP contribution in [0.25, 0.3) is 10.2 Å². The van der Waals surface area contributed by atoms with Crippen LogP contribution in [0.3, 0.4) is 0 Å². The molecule has 1 N–H and O–H groups in total. The van der Waals surface area contributed by atoms with E-state index < -0.39 is 6.16 Å². The highest BCUT2D eigenvalue weighted by molar-refractivity contribution is 7.18. The highest BCUT2D eigenvalue weighted by atomic mass is 32.1. The molecule has 1 aliphatic heterocycles. The van der Waals surface area contributed by atoms with Gasteiger partial charge in [-0.2, -0.15) is 4.98 Å². The van der Waals surface area contributed by atoms with Gasteiger partial charge in [0.2, 0.25) is 5.95 Å². The lowest BCUT2D eigenvalue weighted by Gasteiger charge is -2.31. The zero-order valence-electron chi connectivity index (χ0n) is 20.8. The number of carbonyl (C=O) groups is 1. The van der Waals surface area contributed by atoms with Crippen LogP contribution in [0.2, 0.25) is 0 Å². The summed E-state index contributed by atoms with van der Waals surface area (Å²) >= 11 is 1.68. The van der Waals surface area contributed by atoms with Crippen molar-refractivity contribution in [3.8, 4) is 11.5 Å². The molecular weight excluding hydrogens is 468 g/mol. The molecule has 0 aliphatic carbocycles. The Hall–Kier alpha value is -3.27. The monoisotopic (exact) mass is 500 g/mol. The maximum atomic E-state index is 11.6. The van der Waals surface area contributed by atoms with Crippen LogP contribution in [-0.4, -0.2) is 56.1 Å². The summed E-state index contributed by atoms with van der Waals surface area (Å²) < 4.78 is 21.1. The Labute approximate surface area is 209 Å². The van der Waals surface area contributed by atoms with Crippen molar-refractivity contribution >= 4 is 39.5 Å². The van der Waals surface area contributed by atoms with Gasteiger partial charge in [0.05, 0.1) is 26.2 Å². The molecule has 0 atom stereocenters. The Kier molecular flexibility index (Phi) is 7.80. The number of benzene rings is 1. The first-order valence-electron chi connectivity index (χ1n) is 11.7. The predicted molar refractivity (Wildman–Crippen MR) is 137 cm³/mol. The SMILES string of the molecule is CCOC(=O)OC1CCN(c2nc(NCc3ccc(OC)c(OC)c3)c3c(C)c(C)sc3n2)CC1. The summed E-state index contributed by atoms with van der Waals surface area (Å²) in [4.78, 5) is 25.8. The Morgan fingerprint density at radius 2 is 1.89 bits per heavy atom. The normalized spacial score (nSPS) is 14.1. The molecule has 1 fully saturated rings. The fourth-order valence-corrected chi connectivity index (χ4v) is 5.17. The lowest BCUT2D eigenvalue weighted by atomic mass is 10.1. The van der Waals surface area contributed by atoms with Crippen LogP contribution >= 0.6 is 11.3 Å². The van der Waals surface area contributed by atoms with Crippen LogP contribution in [0.5, 0.6) is 11.5 Å². The number of nitrogens with zero attached hydrogens (tertiary/aromatic N) is 3. The van der Waals surface area contributed by atoms with E-state index in [9.17, 15) is 4.79 Å². The molecule has 2 aromatic heterocycles. The molecule has 3 heterocycles. The molecule has 0 unspecified atom stereocenters. The van der Waals surface area contributed by atoms with Gasteiger partial charge in [-0.3, -0.25) is 0 Å². The van der Waals surface area contributed by atoms with Gasteiger partial charge < -0.3 is 29.2 Å². The molecule has 188 valence electrons. The number of carbonyl (C=O) groups excluding carboxylic acids is 1. The van der Waals surface area contributed by atoms with Gasteiger partial charge in [-0.15, -0.1) is 11.3 Å². The van der Waals surface area contributed by atoms with Crippen molar-refractivity contribution in [2.75, 3.05) is 44.1 Å². The van der Waals surface area contributed by atoms with Gasteiger partial charge in [0.25, 0.3) is 0 Å². The van der Waals surface area contributed by atoms with Crippen molar-refractivity contribution in [1.29, 1.82) is 0 Å². The first-order chi connectivity index (χ1) is 16.9. The molecule has 0 spiro atoms. The highest BCUT2D eigenvalue weighted by Crippen LogP contribution is 2.36. The number of hydrogen-bond acceptors (Lipinski definition) is 10. The number of nitrogens with one attached hydrogen (secondary N) is 1. The molecule has 9 nitrogen and oxygen atoms in total. The second-order valence-corrected chi connectivity index (χ2v) is 9.57. The Balaban J connectivity index is 1.54. The topological polar surface area (TPSA) is 95.0 Å². The molecule has 1 aliphatic rings. The summed E-state index contributed by atoms with van der Waals surface area (Å²) in [7, 11) is 3.26. The smallest absolute Gasteiger partial charge is 0.493 e. The quantitative estimate of drug-likeness (QED) is 0.425. The molecule has 0 radical (unpaired) electrons. The molecule has 1 saturated heterocycles. The number of piperidine rings is 1. The number of thiophene rings is 1. The van der Waals surface area contributed by atoms with Crippen molar-refractivity contribution in [3.63, 3.8) is 0 Å². The van der Waals surface area contributed by atoms with Crippen LogP contribution in [0.4, 0.5) is 16.6 Å². The largest absolute Gasteiger partial charge is 0.508 e. The van der Waals surface area contributed by atoms with Gasteiger partial charge in [0, 0.05) is 37.4 Å². The van der Waals surface area contributed by atoms with Gasteiger partial charge in [0.1, 0.15) is 16.8 Å². The third-order valence-electron chi connectivity index (χ3n) is 6.17. The number of rotatable bonds is 8. The average Bonchev–Trinajstić information content (AvgIpc) is 3.16. The van der Waals surface area contributed by atoms with Crippen molar-refractivity contribution in [3.05, 3.63) is 34.2 Å². The van der Waals surface area contributed by atoms with Gasteiger partial charge in [0.15, 0.2) is 11.5 Å².